The fourth-order valence-electron chi connectivity index (χ4n) is 3.18. The minimum Gasteiger partial charge on any atom is -0.489 e. The van der Waals surface area contributed by atoms with E-state index in [0.29, 0.717) is 18.1 Å². The van der Waals surface area contributed by atoms with Crippen molar-refractivity contribution >= 4 is 5.91 Å². The topological polar surface area (TPSA) is 99.6 Å². The Kier molecular flexibility index (Phi) is 7.01. The zero-order valence-corrected chi connectivity index (χ0v) is 17.8. The standard InChI is InChI=1S/C23H21F4N3O4/c24-15-2-1-3-16(25)14(15)10-29-21(31)20-19(9-28)33-22(30-20)13-6-7-17(34-23(26)27)18(8-13)32-11-12-4-5-12/h1-3,6-8,12,23H,4-5,9-11,28H2,(H,29,31). The number of nitrogens with zero attached hydrogens (tertiary/aromatic N) is 1. The first-order valence-corrected chi connectivity index (χ1v) is 10.5. The molecule has 1 aliphatic rings. The normalized spacial score (nSPS) is 13.2. The van der Waals surface area contributed by atoms with Gasteiger partial charge in [0.1, 0.15) is 11.6 Å². The lowest BCUT2D eigenvalue weighted by atomic mass is 10.2. The number of ether oxygens (including phenoxy) is 2. The van der Waals surface area contributed by atoms with Crippen molar-refractivity contribution in [3.05, 3.63) is 65.1 Å². The Hall–Kier alpha value is -3.60. The Bertz CT molecular complexity index is 1160. The van der Waals surface area contributed by atoms with Gasteiger partial charge in [0.2, 0.25) is 5.89 Å². The first-order chi connectivity index (χ1) is 16.4. The first kappa shape index (κ1) is 23.6. The van der Waals surface area contributed by atoms with Crippen molar-refractivity contribution in [1.29, 1.82) is 0 Å². The summed E-state index contributed by atoms with van der Waals surface area (Å²) in [4.78, 5) is 16.8. The average Bonchev–Trinajstić information content (AvgIpc) is 3.53. The number of nitrogens with two attached hydrogens (primary N) is 1. The quantitative estimate of drug-likeness (QED) is 0.418. The van der Waals surface area contributed by atoms with Crippen molar-refractivity contribution in [2.75, 3.05) is 6.61 Å². The van der Waals surface area contributed by atoms with Gasteiger partial charge in [-0.15, -0.1) is 0 Å². The molecule has 0 spiro atoms. The van der Waals surface area contributed by atoms with E-state index in [4.69, 9.17) is 14.9 Å². The van der Waals surface area contributed by atoms with Gasteiger partial charge in [0.25, 0.3) is 5.91 Å². The number of hydrogen-bond acceptors (Lipinski definition) is 6. The van der Waals surface area contributed by atoms with Crippen molar-refractivity contribution in [3.63, 3.8) is 0 Å². The van der Waals surface area contributed by atoms with E-state index >= 15 is 0 Å². The molecule has 2 aromatic carbocycles. The molecule has 0 atom stereocenters. The van der Waals surface area contributed by atoms with Gasteiger partial charge in [0, 0.05) is 17.7 Å². The van der Waals surface area contributed by atoms with E-state index in [1.165, 1.54) is 24.3 Å². The third kappa shape index (κ3) is 5.48. The Balaban J connectivity index is 1.56. The molecule has 1 heterocycles. The second-order valence-electron chi connectivity index (χ2n) is 7.67. The van der Waals surface area contributed by atoms with Gasteiger partial charge in [-0.25, -0.2) is 13.8 Å². The second kappa shape index (κ2) is 10.1. The lowest BCUT2D eigenvalue weighted by Gasteiger charge is -2.12. The van der Waals surface area contributed by atoms with E-state index in [9.17, 15) is 22.4 Å². The van der Waals surface area contributed by atoms with E-state index in [2.05, 4.69) is 15.0 Å². The predicted octanol–water partition coefficient (Wildman–Crippen LogP) is 4.40. The van der Waals surface area contributed by atoms with Crippen LogP contribution < -0.4 is 20.5 Å². The van der Waals surface area contributed by atoms with Crippen molar-refractivity contribution in [1.82, 2.24) is 10.3 Å². The molecule has 0 radical (unpaired) electrons. The van der Waals surface area contributed by atoms with E-state index < -0.39 is 30.7 Å². The maximum absolute atomic E-state index is 13.8. The molecule has 7 nitrogen and oxygen atoms in total. The molecule has 0 aliphatic heterocycles. The predicted molar refractivity (Wildman–Crippen MR) is 112 cm³/mol. The minimum absolute atomic E-state index is 0.0115. The number of hydrogen-bond donors (Lipinski definition) is 2. The monoisotopic (exact) mass is 479 g/mol. The molecule has 1 saturated carbocycles. The number of carbonyl (C=O) groups is 1. The van der Waals surface area contributed by atoms with Gasteiger partial charge >= 0.3 is 6.61 Å². The fourth-order valence-corrected chi connectivity index (χ4v) is 3.18. The zero-order chi connectivity index (χ0) is 24.2. The highest BCUT2D eigenvalue weighted by Gasteiger charge is 2.25. The Morgan fingerprint density at radius 1 is 1.18 bits per heavy atom. The molecule has 1 aromatic heterocycles. The smallest absolute Gasteiger partial charge is 0.387 e. The molecule has 3 aromatic rings. The van der Waals surface area contributed by atoms with Crippen LogP contribution in [0.2, 0.25) is 0 Å². The highest BCUT2D eigenvalue weighted by atomic mass is 19.3. The van der Waals surface area contributed by atoms with Crippen LogP contribution in [-0.4, -0.2) is 24.1 Å². The number of aromatic nitrogens is 1. The maximum Gasteiger partial charge on any atom is 0.387 e. The van der Waals surface area contributed by atoms with Crippen LogP contribution in [-0.2, 0) is 13.1 Å². The van der Waals surface area contributed by atoms with Crippen LogP contribution in [0.4, 0.5) is 17.6 Å². The highest BCUT2D eigenvalue weighted by Crippen LogP contribution is 2.36. The molecular formula is C23H21F4N3O4. The number of nitrogens with one attached hydrogen (secondary N) is 1. The van der Waals surface area contributed by atoms with Crippen molar-refractivity contribution < 1.29 is 36.2 Å². The largest absolute Gasteiger partial charge is 0.489 e. The van der Waals surface area contributed by atoms with E-state index in [1.54, 1.807) is 0 Å². The van der Waals surface area contributed by atoms with Crippen molar-refractivity contribution in [3.8, 4) is 23.0 Å². The number of carbonyl (C=O) groups excluding carboxylic acids is 1. The number of alkyl halides is 2. The van der Waals surface area contributed by atoms with Gasteiger partial charge in [-0.2, -0.15) is 8.78 Å². The van der Waals surface area contributed by atoms with Gasteiger partial charge < -0.3 is 24.9 Å². The lowest BCUT2D eigenvalue weighted by Crippen LogP contribution is -2.25. The Morgan fingerprint density at radius 2 is 1.91 bits per heavy atom. The van der Waals surface area contributed by atoms with Crippen molar-refractivity contribution in [2.24, 2.45) is 11.7 Å². The second-order valence-corrected chi connectivity index (χ2v) is 7.67. The molecule has 1 fully saturated rings. The molecule has 1 aliphatic carbocycles. The van der Waals surface area contributed by atoms with E-state index in [0.717, 1.165) is 25.0 Å². The van der Waals surface area contributed by atoms with Crippen molar-refractivity contribution in [2.45, 2.75) is 32.5 Å². The van der Waals surface area contributed by atoms with Crippen LogP contribution in [0.5, 0.6) is 11.5 Å². The molecule has 0 bridgehead atoms. The van der Waals surface area contributed by atoms with Gasteiger partial charge in [-0.05, 0) is 49.1 Å². The molecule has 34 heavy (non-hydrogen) atoms. The highest BCUT2D eigenvalue weighted by molar-refractivity contribution is 5.93. The van der Waals surface area contributed by atoms with E-state index in [-0.39, 0.29) is 41.0 Å². The first-order valence-electron chi connectivity index (χ1n) is 10.5. The van der Waals surface area contributed by atoms with Gasteiger partial charge in [-0.3, -0.25) is 4.79 Å². The third-order valence-electron chi connectivity index (χ3n) is 5.16. The molecule has 4 rings (SSSR count). The summed E-state index contributed by atoms with van der Waals surface area (Å²) < 4.78 is 68.9. The number of benzene rings is 2. The Labute approximate surface area is 191 Å². The molecule has 180 valence electrons. The number of rotatable bonds is 10. The summed E-state index contributed by atoms with van der Waals surface area (Å²) in [6.07, 6.45) is 2.00. The SMILES string of the molecule is NCc1oc(-c2ccc(OC(F)F)c(OCC3CC3)c2)nc1C(=O)NCc1c(F)cccc1F. The van der Waals surface area contributed by atoms with E-state index in [1.807, 2.05) is 0 Å². The average molecular weight is 479 g/mol. The summed E-state index contributed by atoms with van der Waals surface area (Å²) in [5.74, 6) is -2.02. The number of amides is 1. The number of oxazole rings is 1. The molecular weight excluding hydrogens is 458 g/mol. The van der Waals surface area contributed by atoms with Crippen LogP contribution in [0.3, 0.4) is 0 Å². The van der Waals surface area contributed by atoms with Crippen LogP contribution >= 0.6 is 0 Å². The zero-order valence-electron chi connectivity index (χ0n) is 17.8. The fraction of sp³-hybridized carbons (Fsp3) is 0.304. The number of halogens is 4. The minimum atomic E-state index is -3.03. The summed E-state index contributed by atoms with van der Waals surface area (Å²) in [6, 6.07) is 7.50. The van der Waals surface area contributed by atoms with Gasteiger partial charge in [-0.1, -0.05) is 6.07 Å². The molecule has 0 saturated heterocycles. The summed E-state index contributed by atoms with van der Waals surface area (Å²) in [5.41, 5.74) is 5.54. The Morgan fingerprint density at radius 3 is 2.56 bits per heavy atom. The van der Waals surface area contributed by atoms with Crippen LogP contribution in [0.1, 0.15) is 34.7 Å². The summed E-state index contributed by atoms with van der Waals surface area (Å²) in [7, 11) is 0. The maximum atomic E-state index is 13.8. The van der Waals surface area contributed by atoms with Gasteiger partial charge in [0.15, 0.2) is 23.0 Å². The summed E-state index contributed by atoms with van der Waals surface area (Å²) in [5, 5.41) is 2.39. The lowest BCUT2D eigenvalue weighted by molar-refractivity contribution is -0.0515. The summed E-state index contributed by atoms with van der Waals surface area (Å²) in [6.45, 7) is -3.28. The molecule has 11 heteroatoms. The van der Waals surface area contributed by atoms with Gasteiger partial charge in [0.05, 0.1) is 13.2 Å². The van der Waals surface area contributed by atoms with Crippen LogP contribution in [0, 0.1) is 17.6 Å². The molecule has 0 unspecified atom stereocenters. The van der Waals surface area contributed by atoms with Crippen LogP contribution in [0.15, 0.2) is 40.8 Å². The van der Waals surface area contributed by atoms with Crippen LogP contribution in [0.25, 0.3) is 11.5 Å². The molecule has 3 N–H and O–H groups in total. The third-order valence-corrected chi connectivity index (χ3v) is 5.16. The molecule has 1 amide bonds. The summed E-state index contributed by atoms with van der Waals surface area (Å²) >= 11 is 0.